The summed E-state index contributed by atoms with van der Waals surface area (Å²) in [7, 11) is 1.61. The summed E-state index contributed by atoms with van der Waals surface area (Å²) in [5.74, 6) is 0.512. The van der Waals surface area contributed by atoms with Gasteiger partial charge in [0.1, 0.15) is 5.76 Å². The van der Waals surface area contributed by atoms with E-state index in [0.717, 1.165) is 16.3 Å². The van der Waals surface area contributed by atoms with E-state index in [-0.39, 0.29) is 24.8 Å². The molecule has 2 aromatic carbocycles. The second kappa shape index (κ2) is 7.17. The lowest BCUT2D eigenvalue weighted by Crippen LogP contribution is -2.35. The molecule has 0 unspecified atom stereocenters. The molecule has 0 atom stereocenters. The standard InChI is InChI=1S/C19H19N3O3/c1-13-10-17(21-25-13)20-18(23)12-22(2)19(24)11-15-8-5-7-14-6-3-4-9-16(14)15/h3-10H,11-12H2,1-2H3,(H,20,21,23). The Bertz CT molecular complexity index is 912. The molecule has 25 heavy (non-hydrogen) atoms. The van der Waals surface area contributed by atoms with E-state index in [4.69, 9.17) is 4.52 Å². The first-order valence-electron chi connectivity index (χ1n) is 7.96. The molecule has 0 fully saturated rings. The van der Waals surface area contributed by atoms with Crippen LogP contribution in [0.4, 0.5) is 5.82 Å². The Morgan fingerprint density at radius 2 is 1.92 bits per heavy atom. The van der Waals surface area contributed by atoms with Crippen LogP contribution in [0.2, 0.25) is 0 Å². The topological polar surface area (TPSA) is 75.4 Å². The number of aryl methyl sites for hydroxylation is 1. The van der Waals surface area contributed by atoms with Crippen LogP contribution < -0.4 is 5.32 Å². The minimum absolute atomic E-state index is 0.0461. The highest BCUT2D eigenvalue weighted by Gasteiger charge is 2.15. The molecule has 0 saturated heterocycles. The van der Waals surface area contributed by atoms with Crippen LogP contribution >= 0.6 is 0 Å². The van der Waals surface area contributed by atoms with Gasteiger partial charge in [0.2, 0.25) is 11.8 Å². The summed E-state index contributed by atoms with van der Waals surface area (Å²) in [5.41, 5.74) is 0.947. The molecule has 6 heteroatoms. The molecule has 2 amide bonds. The third-order valence-electron chi connectivity index (χ3n) is 3.92. The van der Waals surface area contributed by atoms with Crippen molar-refractivity contribution in [1.82, 2.24) is 10.1 Å². The van der Waals surface area contributed by atoms with Crippen LogP contribution in [0.3, 0.4) is 0 Å². The summed E-state index contributed by atoms with van der Waals surface area (Å²) in [5, 5.41) is 8.45. The van der Waals surface area contributed by atoms with Crippen molar-refractivity contribution in [2.45, 2.75) is 13.3 Å². The molecular formula is C19H19N3O3. The van der Waals surface area contributed by atoms with E-state index in [1.165, 1.54) is 4.90 Å². The number of nitrogens with one attached hydrogen (secondary N) is 1. The zero-order valence-corrected chi connectivity index (χ0v) is 14.2. The predicted molar refractivity (Wildman–Crippen MR) is 95.2 cm³/mol. The van der Waals surface area contributed by atoms with Gasteiger partial charge in [0.25, 0.3) is 0 Å². The lowest BCUT2D eigenvalue weighted by atomic mass is 10.0. The molecular weight excluding hydrogens is 318 g/mol. The van der Waals surface area contributed by atoms with Gasteiger partial charge in [0.05, 0.1) is 13.0 Å². The van der Waals surface area contributed by atoms with Gasteiger partial charge in [-0.15, -0.1) is 0 Å². The van der Waals surface area contributed by atoms with Crippen molar-refractivity contribution in [3.63, 3.8) is 0 Å². The summed E-state index contributed by atoms with van der Waals surface area (Å²) in [4.78, 5) is 25.9. The number of fused-ring (bicyclic) bond motifs is 1. The van der Waals surface area contributed by atoms with Gasteiger partial charge >= 0.3 is 0 Å². The summed E-state index contributed by atoms with van der Waals surface area (Å²) < 4.78 is 4.89. The highest BCUT2D eigenvalue weighted by atomic mass is 16.5. The molecule has 3 aromatic rings. The van der Waals surface area contributed by atoms with E-state index in [2.05, 4.69) is 10.5 Å². The molecule has 0 bridgehead atoms. The van der Waals surface area contributed by atoms with Crippen LogP contribution in [0.25, 0.3) is 10.8 Å². The fraction of sp³-hybridized carbons (Fsp3) is 0.211. The van der Waals surface area contributed by atoms with Crippen molar-refractivity contribution < 1.29 is 14.1 Å². The van der Waals surface area contributed by atoms with Crippen LogP contribution in [-0.4, -0.2) is 35.5 Å². The lowest BCUT2D eigenvalue weighted by molar-refractivity contribution is -0.132. The fourth-order valence-electron chi connectivity index (χ4n) is 2.66. The van der Waals surface area contributed by atoms with Crippen molar-refractivity contribution in [3.8, 4) is 0 Å². The van der Waals surface area contributed by atoms with Gasteiger partial charge in [-0.25, -0.2) is 0 Å². The molecule has 1 heterocycles. The first-order valence-corrected chi connectivity index (χ1v) is 7.96. The predicted octanol–water partition coefficient (Wildman–Crippen LogP) is 2.78. The number of aromatic nitrogens is 1. The number of anilines is 1. The molecule has 128 valence electrons. The van der Waals surface area contributed by atoms with Crippen molar-refractivity contribution in [2.75, 3.05) is 18.9 Å². The third kappa shape index (κ3) is 4.03. The lowest BCUT2D eigenvalue weighted by Gasteiger charge is -2.17. The SMILES string of the molecule is Cc1cc(NC(=O)CN(C)C(=O)Cc2cccc3ccccc23)no1. The van der Waals surface area contributed by atoms with Crippen molar-refractivity contribution in [1.29, 1.82) is 0 Å². The smallest absolute Gasteiger partial charge is 0.245 e. The molecule has 0 aliphatic carbocycles. The van der Waals surface area contributed by atoms with Crippen molar-refractivity contribution >= 4 is 28.4 Å². The number of benzene rings is 2. The number of rotatable bonds is 5. The van der Waals surface area contributed by atoms with Crippen LogP contribution in [-0.2, 0) is 16.0 Å². The van der Waals surface area contributed by atoms with E-state index in [9.17, 15) is 9.59 Å². The number of carbonyl (C=O) groups excluding carboxylic acids is 2. The van der Waals surface area contributed by atoms with E-state index >= 15 is 0 Å². The first kappa shape index (κ1) is 16.7. The second-order valence-corrected chi connectivity index (χ2v) is 5.94. The quantitative estimate of drug-likeness (QED) is 0.777. The van der Waals surface area contributed by atoms with Gasteiger partial charge in [-0.1, -0.05) is 47.6 Å². The zero-order chi connectivity index (χ0) is 17.8. The molecule has 0 radical (unpaired) electrons. The molecule has 0 aliphatic rings. The van der Waals surface area contributed by atoms with Crippen LogP contribution in [0.1, 0.15) is 11.3 Å². The fourth-order valence-corrected chi connectivity index (χ4v) is 2.66. The van der Waals surface area contributed by atoms with Gasteiger partial charge in [-0.3, -0.25) is 9.59 Å². The normalized spacial score (nSPS) is 10.6. The second-order valence-electron chi connectivity index (χ2n) is 5.94. The number of hydrogen-bond acceptors (Lipinski definition) is 4. The van der Waals surface area contributed by atoms with Crippen LogP contribution in [0.15, 0.2) is 53.1 Å². The van der Waals surface area contributed by atoms with Gasteiger partial charge in [0.15, 0.2) is 5.82 Å². The maximum Gasteiger partial charge on any atom is 0.245 e. The Morgan fingerprint density at radius 3 is 2.68 bits per heavy atom. The van der Waals surface area contributed by atoms with Crippen molar-refractivity contribution in [2.24, 2.45) is 0 Å². The molecule has 0 aliphatic heterocycles. The van der Waals surface area contributed by atoms with Gasteiger partial charge < -0.3 is 14.7 Å². The van der Waals surface area contributed by atoms with E-state index in [1.807, 2.05) is 42.5 Å². The van der Waals surface area contributed by atoms with E-state index < -0.39 is 0 Å². The summed E-state index contributed by atoms with van der Waals surface area (Å²) >= 11 is 0. The molecule has 1 aromatic heterocycles. The average molecular weight is 337 g/mol. The number of carbonyl (C=O) groups is 2. The third-order valence-corrected chi connectivity index (χ3v) is 3.92. The first-order chi connectivity index (χ1) is 12.0. The number of hydrogen-bond donors (Lipinski definition) is 1. The van der Waals surface area contributed by atoms with Crippen LogP contribution in [0, 0.1) is 6.92 Å². The minimum atomic E-state index is -0.318. The van der Waals surface area contributed by atoms with Gasteiger partial charge in [0, 0.05) is 13.1 Å². The monoisotopic (exact) mass is 337 g/mol. The van der Waals surface area contributed by atoms with Crippen LogP contribution in [0.5, 0.6) is 0 Å². The van der Waals surface area contributed by atoms with Gasteiger partial charge in [-0.2, -0.15) is 0 Å². The van der Waals surface area contributed by atoms with E-state index in [0.29, 0.717) is 11.6 Å². The minimum Gasteiger partial charge on any atom is -0.360 e. The van der Waals surface area contributed by atoms with Gasteiger partial charge in [-0.05, 0) is 23.3 Å². The number of likely N-dealkylation sites (N-methyl/N-ethyl adjacent to an activating group) is 1. The largest absolute Gasteiger partial charge is 0.360 e. The molecule has 0 saturated carbocycles. The Morgan fingerprint density at radius 1 is 1.16 bits per heavy atom. The maximum absolute atomic E-state index is 12.5. The highest BCUT2D eigenvalue weighted by Crippen LogP contribution is 2.19. The Labute approximate surface area is 145 Å². The molecule has 0 spiro atoms. The highest BCUT2D eigenvalue weighted by molar-refractivity contribution is 5.95. The Kier molecular flexibility index (Phi) is 4.79. The summed E-state index contributed by atoms with van der Waals surface area (Å²) in [6.45, 7) is 1.69. The summed E-state index contributed by atoms with van der Waals surface area (Å²) in [6.07, 6.45) is 0.244. The van der Waals surface area contributed by atoms with E-state index in [1.54, 1.807) is 20.0 Å². The molecule has 1 N–H and O–H groups in total. The summed E-state index contributed by atoms with van der Waals surface area (Å²) in [6, 6.07) is 15.4. The molecule has 3 rings (SSSR count). The Balaban J connectivity index is 1.63. The average Bonchev–Trinajstić information content (AvgIpc) is 2.99. The molecule has 6 nitrogen and oxygen atoms in total. The maximum atomic E-state index is 12.5. The zero-order valence-electron chi connectivity index (χ0n) is 14.2. The Hall–Kier alpha value is -3.15. The van der Waals surface area contributed by atoms with Crippen molar-refractivity contribution in [3.05, 3.63) is 59.9 Å². The number of nitrogens with zero attached hydrogens (tertiary/aromatic N) is 2. The number of amides is 2.